The molecule has 3 heterocycles. The van der Waals surface area contributed by atoms with E-state index in [0.29, 0.717) is 18.7 Å². The maximum atomic E-state index is 12.9. The van der Waals surface area contributed by atoms with Gasteiger partial charge < -0.3 is 19.9 Å². The van der Waals surface area contributed by atoms with E-state index in [4.69, 9.17) is 0 Å². The van der Waals surface area contributed by atoms with E-state index in [0.717, 1.165) is 49.9 Å². The van der Waals surface area contributed by atoms with Crippen LogP contribution in [0.15, 0.2) is 30.3 Å². The van der Waals surface area contributed by atoms with Crippen molar-refractivity contribution >= 4 is 16.8 Å². The molecule has 2 N–H and O–H groups in total. The highest BCUT2D eigenvalue weighted by Gasteiger charge is 2.34. The number of benzene rings is 1. The molecule has 2 saturated heterocycles. The molecule has 134 valence electrons. The average Bonchev–Trinajstić information content (AvgIpc) is 3.22. The molecule has 2 fully saturated rings. The summed E-state index contributed by atoms with van der Waals surface area (Å²) in [6.45, 7) is 4.29. The minimum absolute atomic E-state index is 0.0432. The fraction of sp³-hybridized carbons (Fsp3) is 0.550. The van der Waals surface area contributed by atoms with Crippen molar-refractivity contribution in [3.8, 4) is 0 Å². The number of hydrogen-bond acceptors (Lipinski definition) is 3. The van der Waals surface area contributed by atoms with Gasteiger partial charge in [-0.15, -0.1) is 0 Å². The van der Waals surface area contributed by atoms with E-state index in [-0.39, 0.29) is 5.91 Å². The van der Waals surface area contributed by atoms with Gasteiger partial charge in [0, 0.05) is 30.5 Å². The predicted octanol–water partition coefficient (Wildman–Crippen LogP) is 2.62. The van der Waals surface area contributed by atoms with Crippen LogP contribution in [0, 0.1) is 0 Å². The summed E-state index contributed by atoms with van der Waals surface area (Å²) in [5, 5.41) is 12.1. The molecule has 1 atom stereocenters. The van der Waals surface area contributed by atoms with Gasteiger partial charge in [-0.3, -0.25) is 4.79 Å². The van der Waals surface area contributed by atoms with Gasteiger partial charge in [-0.2, -0.15) is 0 Å². The maximum absolute atomic E-state index is 12.9. The number of carbonyl (C=O) groups excluding carboxylic acids is 1. The molecule has 2 aliphatic heterocycles. The van der Waals surface area contributed by atoms with Crippen LogP contribution in [0.2, 0.25) is 0 Å². The maximum Gasteiger partial charge on any atom is 0.270 e. The number of para-hydroxylation sites is 1. The number of amides is 1. The Kier molecular flexibility index (Phi) is 4.52. The van der Waals surface area contributed by atoms with Crippen molar-refractivity contribution in [2.75, 3.05) is 32.7 Å². The lowest BCUT2D eigenvalue weighted by Crippen LogP contribution is -2.43. The molecule has 2 aromatic rings. The Bertz CT molecular complexity index is 717. The van der Waals surface area contributed by atoms with Crippen molar-refractivity contribution in [2.45, 2.75) is 37.7 Å². The topological polar surface area (TPSA) is 59.6 Å². The van der Waals surface area contributed by atoms with Crippen LogP contribution in [0.5, 0.6) is 0 Å². The number of likely N-dealkylation sites (tertiary alicyclic amines) is 2. The van der Waals surface area contributed by atoms with Crippen molar-refractivity contribution in [3.05, 3.63) is 36.0 Å². The summed E-state index contributed by atoms with van der Waals surface area (Å²) in [5.74, 6) is 0.0432. The first-order valence-electron chi connectivity index (χ1n) is 9.45. The summed E-state index contributed by atoms with van der Waals surface area (Å²) < 4.78 is 0. The van der Waals surface area contributed by atoms with Crippen LogP contribution >= 0.6 is 0 Å². The zero-order valence-electron chi connectivity index (χ0n) is 14.7. The van der Waals surface area contributed by atoms with E-state index in [1.54, 1.807) is 0 Å². The van der Waals surface area contributed by atoms with E-state index in [9.17, 15) is 9.90 Å². The van der Waals surface area contributed by atoms with Gasteiger partial charge >= 0.3 is 0 Å². The molecule has 0 bridgehead atoms. The Hall–Kier alpha value is -1.85. The second kappa shape index (κ2) is 6.81. The lowest BCUT2D eigenvalue weighted by atomic mass is 9.94. The highest BCUT2D eigenvalue weighted by Crippen LogP contribution is 2.26. The highest BCUT2D eigenvalue weighted by atomic mass is 16.3. The summed E-state index contributed by atoms with van der Waals surface area (Å²) in [7, 11) is 0. The van der Waals surface area contributed by atoms with Crippen molar-refractivity contribution in [3.63, 3.8) is 0 Å². The van der Waals surface area contributed by atoms with Gasteiger partial charge in [-0.25, -0.2) is 0 Å². The number of hydrogen-bond donors (Lipinski definition) is 2. The summed E-state index contributed by atoms with van der Waals surface area (Å²) in [6.07, 6.45) is 4.77. The Morgan fingerprint density at radius 2 is 1.88 bits per heavy atom. The Morgan fingerprint density at radius 3 is 2.68 bits per heavy atom. The fourth-order valence-corrected chi connectivity index (χ4v) is 4.26. The third kappa shape index (κ3) is 3.58. The molecule has 2 aliphatic rings. The predicted molar refractivity (Wildman–Crippen MR) is 98.7 cm³/mol. The van der Waals surface area contributed by atoms with Gasteiger partial charge in [0.15, 0.2) is 0 Å². The van der Waals surface area contributed by atoms with E-state index in [1.807, 2.05) is 35.2 Å². The number of H-pyrrole nitrogens is 1. The molecule has 0 radical (unpaired) electrons. The molecule has 5 heteroatoms. The summed E-state index contributed by atoms with van der Waals surface area (Å²) >= 11 is 0. The minimum atomic E-state index is -0.653. The molecule has 5 nitrogen and oxygen atoms in total. The Labute approximate surface area is 148 Å². The van der Waals surface area contributed by atoms with Crippen LogP contribution in [0.3, 0.4) is 0 Å². The average molecular weight is 341 g/mol. The number of carbonyl (C=O) groups is 1. The molecular formula is C20H27N3O2. The molecule has 0 spiro atoms. The molecule has 25 heavy (non-hydrogen) atoms. The van der Waals surface area contributed by atoms with Crippen LogP contribution in [0.1, 0.15) is 42.6 Å². The van der Waals surface area contributed by atoms with E-state index >= 15 is 0 Å². The first kappa shape index (κ1) is 16.6. The lowest BCUT2D eigenvalue weighted by Gasteiger charge is -2.31. The number of β-amino-alcohol motifs (C(OH)–C–C–N with tert-alkyl or cyclic N) is 1. The van der Waals surface area contributed by atoms with Crippen LogP contribution in [0.25, 0.3) is 10.9 Å². The Balaban J connectivity index is 1.43. The fourth-order valence-electron chi connectivity index (χ4n) is 4.26. The monoisotopic (exact) mass is 341 g/mol. The van der Waals surface area contributed by atoms with Gasteiger partial charge in [-0.1, -0.05) is 18.2 Å². The van der Waals surface area contributed by atoms with Gasteiger partial charge in [0.25, 0.3) is 5.91 Å². The molecular weight excluding hydrogens is 314 g/mol. The molecule has 0 saturated carbocycles. The second-order valence-corrected chi connectivity index (χ2v) is 7.62. The molecule has 0 aliphatic carbocycles. The van der Waals surface area contributed by atoms with Crippen LogP contribution < -0.4 is 0 Å². The summed E-state index contributed by atoms with van der Waals surface area (Å²) in [4.78, 5) is 20.4. The van der Waals surface area contributed by atoms with Gasteiger partial charge in [0.1, 0.15) is 5.69 Å². The number of rotatable bonds is 3. The quantitative estimate of drug-likeness (QED) is 0.902. The number of fused-ring (bicyclic) bond motifs is 1. The van der Waals surface area contributed by atoms with E-state index < -0.39 is 5.60 Å². The largest absolute Gasteiger partial charge is 0.388 e. The van der Waals surface area contributed by atoms with Crippen molar-refractivity contribution in [2.24, 2.45) is 0 Å². The van der Waals surface area contributed by atoms with Crippen LogP contribution in [-0.4, -0.2) is 64.1 Å². The Morgan fingerprint density at radius 1 is 1.08 bits per heavy atom. The second-order valence-electron chi connectivity index (χ2n) is 7.62. The zero-order chi connectivity index (χ0) is 17.3. The molecule has 1 aromatic heterocycles. The third-order valence-corrected chi connectivity index (χ3v) is 5.68. The number of aliphatic hydroxyl groups is 1. The molecule has 1 aromatic carbocycles. The number of nitrogens with one attached hydrogen (secondary N) is 1. The van der Waals surface area contributed by atoms with Gasteiger partial charge in [-0.05, 0) is 57.3 Å². The van der Waals surface area contributed by atoms with E-state index in [1.165, 1.54) is 12.8 Å². The lowest BCUT2D eigenvalue weighted by molar-refractivity contribution is -0.00291. The summed E-state index contributed by atoms with van der Waals surface area (Å²) in [6, 6.07) is 9.88. The van der Waals surface area contributed by atoms with Gasteiger partial charge in [0.2, 0.25) is 0 Å². The van der Waals surface area contributed by atoms with Crippen molar-refractivity contribution in [1.82, 2.24) is 14.8 Å². The molecule has 1 amide bonds. The standard InChI is InChI=1S/C20H27N3O2/c24-19(18-14-16-6-1-2-7-17(16)21-18)23-12-5-8-20(25,9-13-23)15-22-10-3-4-11-22/h1-2,6-7,14,21,25H,3-5,8-13,15H2/t20-/m0/s1. The molecule has 0 unspecified atom stereocenters. The first-order valence-corrected chi connectivity index (χ1v) is 9.45. The number of aromatic nitrogens is 1. The van der Waals surface area contributed by atoms with Crippen molar-refractivity contribution < 1.29 is 9.90 Å². The highest BCUT2D eigenvalue weighted by molar-refractivity contribution is 5.98. The normalized spacial score (nSPS) is 25.4. The minimum Gasteiger partial charge on any atom is -0.388 e. The first-order chi connectivity index (χ1) is 12.1. The number of aromatic amines is 1. The van der Waals surface area contributed by atoms with Crippen LogP contribution in [0.4, 0.5) is 0 Å². The molecule has 4 rings (SSSR count). The van der Waals surface area contributed by atoms with E-state index in [2.05, 4.69) is 9.88 Å². The van der Waals surface area contributed by atoms with Crippen molar-refractivity contribution in [1.29, 1.82) is 0 Å². The van der Waals surface area contributed by atoms with Crippen LogP contribution in [-0.2, 0) is 0 Å². The summed E-state index contributed by atoms with van der Waals surface area (Å²) in [5.41, 5.74) is 0.984. The SMILES string of the molecule is O=C(c1cc2ccccc2[nH]1)N1CCC[C@@](O)(CN2CCCC2)CC1. The third-order valence-electron chi connectivity index (χ3n) is 5.68. The smallest absolute Gasteiger partial charge is 0.270 e. The number of nitrogens with zero attached hydrogens (tertiary/aromatic N) is 2. The van der Waals surface area contributed by atoms with Gasteiger partial charge in [0.05, 0.1) is 5.60 Å². The zero-order valence-corrected chi connectivity index (χ0v) is 14.7.